The minimum Gasteiger partial charge on any atom is -0.508 e. The highest BCUT2D eigenvalue weighted by Gasteiger charge is 2.62. The number of hydrogen-bond donors (Lipinski definition) is 2. The average molecular weight is 326 g/mol. The number of carbonyl (C=O) groups excluding carboxylic acids is 1. The summed E-state index contributed by atoms with van der Waals surface area (Å²) in [6, 6.07) is 6.69. The summed E-state index contributed by atoms with van der Waals surface area (Å²) >= 11 is 0. The van der Waals surface area contributed by atoms with Gasteiger partial charge in [-0.05, 0) is 31.4 Å². The SMILES string of the molecule is O=C(N1CCN(c2cccc(O)c2)CC1)C(F)(F)C1(O)CCC1. The van der Waals surface area contributed by atoms with E-state index in [1.807, 2.05) is 11.0 Å². The number of carbonyl (C=O) groups is 1. The fourth-order valence-corrected chi connectivity index (χ4v) is 3.08. The number of hydrogen-bond acceptors (Lipinski definition) is 4. The summed E-state index contributed by atoms with van der Waals surface area (Å²) < 4.78 is 28.4. The largest absolute Gasteiger partial charge is 0.508 e. The van der Waals surface area contributed by atoms with Crippen molar-refractivity contribution in [3.63, 3.8) is 0 Å². The first-order chi connectivity index (χ1) is 10.8. The maximum Gasteiger partial charge on any atom is 0.352 e. The highest BCUT2D eigenvalue weighted by atomic mass is 19.3. The van der Waals surface area contributed by atoms with Gasteiger partial charge in [0.25, 0.3) is 5.91 Å². The van der Waals surface area contributed by atoms with Crippen LogP contribution in [0.5, 0.6) is 5.75 Å². The molecule has 1 aromatic carbocycles. The minimum absolute atomic E-state index is 0.0327. The maximum atomic E-state index is 14.2. The van der Waals surface area contributed by atoms with E-state index in [0.717, 1.165) is 10.6 Å². The Bertz CT molecular complexity index is 597. The highest BCUT2D eigenvalue weighted by Crippen LogP contribution is 2.45. The summed E-state index contributed by atoms with van der Waals surface area (Å²) in [5, 5.41) is 19.4. The molecule has 2 N–H and O–H groups in total. The summed E-state index contributed by atoms with van der Waals surface area (Å²) in [4.78, 5) is 15.2. The molecule has 5 nitrogen and oxygen atoms in total. The number of piperazine rings is 1. The molecule has 1 saturated heterocycles. The van der Waals surface area contributed by atoms with Gasteiger partial charge in [0.2, 0.25) is 0 Å². The van der Waals surface area contributed by atoms with Crippen molar-refractivity contribution in [3.8, 4) is 5.75 Å². The van der Waals surface area contributed by atoms with E-state index in [1.165, 1.54) is 0 Å². The van der Waals surface area contributed by atoms with Gasteiger partial charge >= 0.3 is 5.92 Å². The highest BCUT2D eigenvalue weighted by molar-refractivity contribution is 5.85. The second kappa shape index (κ2) is 5.63. The number of aromatic hydroxyl groups is 1. The zero-order valence-corrected chi connectivity index (χ0v) is 12.7. The van der Waals surface area contributed by atoms with Crippen LogP contribution in [0.15, 0.2) is 24.3 Å². The molecule has 1 amide bonds. The first kappa shape index (κ1) is 16.0. The predicted octanol–water partition coefficient (Wildman–Crippen LogP) is 1.59. The fraction of sp³-hybridized carbons (Fsp3) is 0.562. The molecule has 0 radical (unpaired) electrons. The van der Waals surface area contributed by atoms with E-state index in [9.17, 15) is 23.8 Å². The third-order valence-electron chi connectivity index (χ3n) is 4.80. The van der Waals surface area contributed by atoms with Gasteiger partial charge < -0.3 is 20.0 Å². The predicted molar refractivity (Wildman–Crippen MR) is 80.6 cm³/mol. The number of alkyl halides is 2. The van der Waals surface area contributed by atoms with E-state index in [4.69, 9.17) is 0 Å². The van der Waals surface area contributed by atoms with E-state index in [0.29, 0.717) is 19.5 Å². The first-order valence-corrected chi connectivity index (χ1v) is 7.77. The van der Waals surface area contributed by atoms with Crippen molar-refractivity contribution in [1.29, 1.82) is 0 Å². The van der Waals surface area contributed by atoms with E-state index >= 15 is 0 Å². The van der Waals surface area contributed by atoms with Crippen molar-refractivity contribution in [2.45, 2.75) is 30.8 Å². The molecule has 1 heterocycles. The second-order valence-corrected chi connectivity index (χ2v) is 6.26. The molecule has 1 aliphatic heterocycles. The molecular formula is C16H20F2N2O3. The number of aliphatic hydroxyl groups is 1. The molecule has 126 valence electrons. The number of amides is 1. The van der Waals surface area contributed by atoms with Crippen LogP contribution in [0.4, 0.5) is 14.5 Å². The topological polar surface area (TPSA) is 64.0 Å². The van der Waals surface area contributed by atoms with Gasteiger partial charge in [-0.1, -0.05) is 6.07 Å². The number of rotatable bonds is 3. The molecule has 3 rings (SSSR count). The fourth-order valence-electron chi connectivity index (χ4n) is 3.08. The van der Waals surface area contributed by atoms with Crippen LogP contribution in [0.2, 0.25) is 0 Å². The van der Waals surface area contributed by atoms with Crippen molar-refractivity contribution in [1.82, 2.24) is 4.90 Å². The molecule has 0 bridgehead atoms. The molecule has 0 spiro atoms. The number of benzene rings is 1. The minimum atomic E-state index is -3.72. The number of nitrogens with zero attached hydrogens (tertiary/aromatic N) is 2. The van der Waals surface area contributed by atoms with E-state index < -0.39 is 17.4 Å². The lowest BCUT2D eigenvalue weighted by molar-refractivity contribution is -0.223. The number of phenolic OH excluding ortho intramolecular Hbond substituents is 1. The zero-order chi connectivity index (χ0) is 16.7. The standard InChI is InChI=1S/C16H20F2N2O3/c17-16(18,15(23)5-2-6-15)14(22)20-9-7-19(8-10-20)12-3-1-4-13(21)11-12/h1,3-4,11,21,23H,2,5-10H2. The third kappa shape index (κ3) is 2.73. The van der Waals surface area contributed by atoms with Crippen LogP contribution in [0.3, 0.4) is 0 Å². The monoisotopic (exact) mass is 326 g/mol. The van der Waals surface area contributed by atoms with Gasteiger partial charge in [0.15, 0.2) is 0 Å². The summed E-state index contributed by atoms with van der Waals surface area (Å²) in [7, 11) is 0. The third-order valence-corrected chi connectivity index (χ3v) is 4.80. The van der Waals surface area contributed by atoms with Gasteiger partial charge in [0.05, 0.1) is 0 Å². The van der Waals surface area contributed by atoms with Crippen LogP contribution in [-0.2, 0) is 4.79 Å². The molecule has 1 aliphatic carbocycles. The molecule has 1 saturated carbocycles. The molecule has 1 aromatic rings. The van der Waals surface area contributed by atoms with Gasteiger partial charge in [-0.25, -0.2) is 0 Å². The molecule has 2 aliphatic rings. The van der Waals surface area contributed by atoms with Crippen molar-refractivity contribution >= 4 is 11.6 Å². The Kier molecular flexibility index (Phi) is 3.91. The van der Waals surface area contributed by atoms with Crippen LogP contribution in [-0.4, -0.2) is 58.7 Å². The molecule has 7 heteroatoms. The Morgan fingerprint density at radius 1 is 1.17 bits per heavy atom. The van der Waals surface area contributed by atoms with Crippen LogP contribution in [0.1, 0.15) is 19.3 Å². The van der Waals surface area contributed by atoms with Gasteiger partial charge in [-0.15, -0.1) is 0 Å². The number of anilines is 1. The number of phenols is 1. The van der Waals surface area contributed by atoms with Crippen LogP contribution in [0.25, 0.3) is 0 Å². The van der Waals surface area contributed by atoms with Crippen molar-refractivity contribution in [3.05, 3.63) is 24.3 Å². The molecule has 23 heavy (non-hydrogen) atoms. The summed E-state index contributed by atoms with van der Waals surface area (Å²) in [5.74, 6) is -4.87. The Balaban J connectivity index is 1.63. The molecule has 0 unspecified atom stereocenters. The number of halogens is 2. The Labute approximate surface area is 133 Å². The quantitative estimate of drug-likeness (QED) is 0.885. The Hall–Kier alpha value is -1.89. The summed E-state index contributed by atoms with van der Waals surface area (Å²) in [6.07, 6.45) is 0.453. The van der Waals surface area contributed by atoms with Crippen molar-refractivity contribution < 1.29 is 23.8 Å². The lowest BCUT2D eigenvalue weighted by atomic mass is 9.75. The normalized spacial score (nSPS) is 21.0. The molecule has 2 fully saturated rings. The Morgan fingerprint density at radius 3 is 2.35 bits per heavy atom. The van der Waals surface area contributed by atoms with Crippen LogP contribution in [0, 0.1) is 0 Å². The average Bonchev–Trinajstić information content (AvgIpc) is 2.52. The van der Waals surface area contributed by atoms with Gasteiger partial charge in [0, 0.05) is 37.9 Å². The van der Waals surface area contributed by atoms with Crippen molar-refractivity contribution in [2.24, 2.45) is 0 Å². The van der Waals surface area contributed by atoms with Crippen LogP contribution < -0.4 is 4.90 Å². The maximum absolute atomic E-state index is 14.2. The summed E-state index contributed by atoms with van der Waals surface area (Å²) in [6.45, 7) is 1.15. The molecule has 0 aromatic heterocycles. The van der Waals surface area contributed by atoms with E-state index in [1.54, 1.807) is 18.2 Å². The van der Waals surface area contributed by atoms with Crippen LogP contribution >= 0.6 is 0 Å². The van der Waals surface area contributed by atoms with Gasteiger partial charge in [0.1, 0.15) is 11.4 Å². The first-order valence-electron chi connectivity index (χ1n) is 7.77. The zero-order valence-electron chi connectivity index (χ0n) is 12.7. The second-order valence-electron chi connectivity index (χ2n) is 6.26. The van der Waals surface area contributed by atoms with Crippen molar-refractivity contribution in [2.75, 3.05) is 31.1 Å². The smallest absolute Gasteiger partial charge is 0.352 e. The van der Waals surface area contributed by atoms with E-state index in [-0.39, 0.29) is 31.7 Å². The van der Waals surface area contributed by atoms with E-state index in [2.05, 4.69) is 0 Å². The lowest BCUT2D eigenvalue weighted by Crippen LogP contribution is -2.63. The summed E-state index contributed by atoms with van der Waals surface area (Å²) in [5.41, 5.74) is -1.38. The Morgan fingerprint density at radius 2 is 1.83 bits per heavy atom. The van der Waals surface area contributed by atoms with Gasteiger partial charge in [-0.3, -0.25) is 4.79 Å². The lowest BCUT2D eigenvalue weighted by Gasteiger charge is -2.44. The molecule has 0 atom stereocenters. The molecular weight excluding hydrogens is 306 g/mol. The van der Waals surface area contributed by atoms with Gasteiger partial charge in [-0.2, -0.15) is 8.78 Å².